The van der Waals surface area contributed by atoms with Crippen LogP contribution in [-0.4, -0.2) is 19.9 Å². The molecule has 2 rings (SSSR count). The molecule has 0 amide bonds. The van der Waals surface area contributed by atoms with Crippen molar-refractivity contribution in [1.82, 2.24) is 4.72 Å². The molecule has 0 aromatic heterocycles. The summed E-state index contributed by atoms with van der Waals surface area (Å²) in [5.74, 6) is 0. The lowest BCUT2D eigenvalue weighted by atomic mass is 9.67. The van der Waals surface area contributed by atoms with Gasteiger partial charge in [-0.15, -0.1) is 0 Å². The molecule has 7 nitrogen and oxygen atoms in total. The molecule has 0 atom stereocenters. The number of nitro benzene ring substituents is 1. The second-order valence-electron chi connectivity index (χ2n) is 5.52. The first-order valence-electron chi connectivity index (χ1n) is 6.83. The van der Waals surface area contributed by atoms with Crippen LogP contribution in [0.4, 0.5) is 11.4 Å². The molecule has 1 aliphatic carbocycles. The van der Waals surface area contributed by atoms with E-state index in [2.05, 4.69) is 4.72 Å². The number of hydrogen-bond acceptors (Lipinski definition) is 5. The number of sulfonamides is 1. The van der Waals surface area contributed by atoms with Crippen LogP contribution in [0.2, 0.25) is 0 Å². The first kappa shape index (κ1) is 15.7. The van der Waals surface area contributed by atoms with E-state index in [1.807, 2.05) is 6.92 Å². The highest BCUT2D eigenvalue weighted by Gasteiger charge is 2.37. The number of nitrogens with one attached hydrogen (secondary N) is 1. The molecule has 3 N–H and O–H groups in total. The normalized spacial score (nSPS) is 17.2. The van der Waals surface area contributed by atoms with E-state index in [-0.39, 0.29) is 16.0 Å². The number of rotatable bonds is 6. The first-order chi connectivity index (χ1) is 9.80. The summed E-state index contributed by atoms with van der Waals surface area (Å²) in [6, 6.07) is 3.55. The Morgan fingerprint density at radius 3 is 2.57 bits per heavy atom. The summed E-state index contributed by atoms with van der Waals surface area (Å²) < 4.78 is 27.2. The van der Waals surface area contributed by atoms with E-state index in [0.717, 1.165) is 37.8 Å². The SMILES string of the molecule is CCC1(CNS(=O)(=O)c2cc(N)ccc2[N+](=O)[O-])CCC1. The summed E-state index contributed by atoms with van der Waals surface area (Å²) in [6.45, 7) is 2.33. The Bertz CT molecular complexity index is 648. The largest absolute Gasteiger partial charge is 0.399 e. The number of nitro groups is 1. The number of anilines is 1. The molecule has 8 heteroatoms. The molecule has 0 unspecified atom stereocenters. The molecule has 1 aliphatic rings. The molecule has 0 radical (unpaired) electrons. The second kappa shape index (κ2) is 5.61. The van der Waals surface area contributed by atoms with Crippen molar-refractivity contribution in [2.45, 2.75) is 37.5 Å². The molecule has 0 bridgehead atoms. The smallest absolute Gasteiger partial charge is 0.289 e. The number of benzene rings is 1. The van der Waals surface area contributed by atoms with Gasteiger partial charge in [0.1, 0.15) is 0 Å². The fraction of sp³-hybridized carbons (Fsp3) is 0.538. The Morgan fingerprint density at radius 1 is 1.43 bits per heavy atom. The van der Waals surface area contributed by atoms with Crippen LogP contribution in [0.1, 0.15) is 32.6 Å². The van der Waals surface area contributed by atoms with Crippen molar-refractivity contribution in [3.8, 4) is 0 Å². The Kier molecular flexibility index (Phi) is 4.20. The van der Waals surface area contributed by atoms with E-state index in [1.165, 1.54) is 6.07 Å². The van der Waals surface area contributed by atoms with Crippen molar-refractivity contribution in [1.29, 1.82) is 0 Å². The maximum absolute atomic E-state index is 12.3. The quantitative estimate of drug-likeness (QED) is 0.473. The molecule has 0 saturated heterocycles. The van der Waals surface area contributed by atoms with Gasteiger partial charge in [-0.25, -0.2) is 13.1 Å². The van der Waals surface area contributed by atoms with Crippen molar-refractivity contribution in [2.75, 3.05) is 12.3 Å². The van der Waals surface area contributed by atoms with E-state index < -0.39 is 20.6 Å². The van der Waals surface area contributed by atoms with Crippen LogP contribution in [0.5, 0.6) is 0 Å². The van der Waals surface area contributed by atoms with Gasteiger partial charge in [-0.3, -0.25) is 10.1 Å². The van der Waals surface area contributed by atoms with Gasteiger partial charge in [0.25, 0.3) is 5.69 Å². The Morgan fingerprint density at radius 2 is 2.10 bits per heavy atom. The molecule has 1 aromatic carbocycles. The molecular weight excluding hydrogens is 294 g/mol. The Balaban J connectivity index is 2.27. The van der Waals surface area contributed by atoms with Crippen molar-refractivity contribution in [2.24, 2.45) is 5.41 Å². The van der Waals surface area contributed by atoms with Crippen molar-refractivity contribution < 1.29 is 13.3 Å². The van der Waals surface area contributed by atoms with E-state index in [4.69, 9.17) is 5.73 Å². The minimum Gasteiger partial charge on any atom is -0.399 e. The lowest BCUT2D eigenvalue weighted by Gasteiger charge is -2.41. The van der Waals surface area contributed by atoms with E-state index in [9.17, 15) is 18.5 Å². The molecule has 0 spiro atoms. The van der Waals surface area contributed by atoms with Crippen LogP contribution < -0.4 is 10.5 Å². The van der Waals surface area contributed by atoms with E-state index >= 15 is 0 Å². The highest BCUT2D eigenvalue weighted by Crippen LogP contribution is 2.43. The number of nitrogens with two attached hydrogens (primary N) is 1. The minimum absolute atomic E-state index is 0.0117. The van der Waals surface area contributed by atoms with Gasteiger partial charge < -0.3 is 5.73 Å². The van der Waals surface area contributed by atoms with Gasteiger partial charge in [0, 0.05) is 18.3 Å². The van der Waals surface area contributed by atoms with Crippen LogP contribution in [0.15, 0.2) is 23.1 Å². The number of nitrogen functional groups attached to an aromatic ring is 1. The summed E-state index contributed by atoms with van der Waals surface area (Å²) in [5.41, 5.74) is 5.26. The second-order valence-corrected chi connectivity index (χ2v) is 7.25. The molecule has 116 valence electrons. The number of nitrogens with zero attached hydrogens (tertiary/aromatic N) is 1. The van der Waals surface area contributed by atoms with Gasteiger partial charge >= 0.3 is 0 Å². The predicted octanol–water partition coefficient (Wildman–Crippen LogP) is 2.04. The zero-order chi connectivity index (χ0) is 15.7. The zero-order valence-electron chi connectivity index (χ0n) is 11.8. The zero-order valence-corrected chi connectivity index (χ0v) is 12.6. The monoisotopic (exact) mass is 313 g/mol. The maximum Gasteiger partial charge on any atom is 0.289 e. The van der Waals surface area contributed by atoms with Crippen LogP contribution in [0.25, 0.3) is 0 Å². The van der Waals surface area contributed by atoms with Crippen LogP contribution in [0.3, 0.4) is 0 Å². The van der Waals surface area contributed by atoms with Crippen LogP contribution >= 0.6 is 0 Å². The van der Waals surface area contributed by atoms with E-state index in [0.29, 0.717) is 6.54 Å². The lowest BCUT2D eigenvalue weighted by molar-refractivity contribution is -0.387. The summed E-state index contributed by atoms with van der Waals surface area (Å²) in [5, 5.41) is 11.0. The van der Waals surface area contributed by atoms with Crippen molar-refractivity contribution in [3.63, 3.8) is 0 Å². The van der Waals surface area contributed by atoms with Crippen LogP contribution in [0, 0.1) is 15.5 Å². The summed E-state index contributed by atoms with van der Waals surface area (Å²) in [4.78, 5) is 9.88. The fourth-order valence-electron chi connectivity index (χ4n) is 2.55. The van der Waals surface area contributed by atoms with Gasteiger partial charge in [0.15, 0.2) is 4.90 Å². The Labute approximate surface area is 123 Å². The average Bonchev–Trinajstić information content (AvgIpc) is 2.37. The standard InChI is InChI=1S/C13H19N3O4S/c1-2-13(6-3-7-13)9-15-21(19,20)12-8-10(14)4-5-11(12)16(17)18/h4-5,8,15H,2-3,6-7,9,14H2,1H3. The first-order valence-corrected chi connectivity index (χ1v) is 8.32. The van der Waals surface area contributed by atoms with Gasteiger partial charge in [0.2, 0.25) is 10.0 Å². The topological polar surface area (TPSA) is 115 Å². The van der Waals surface area contributed by atoms with Gasteiger partial charge in [0.05, 0.1) is 4.92 Å². The third-order valence-electron chi connectivity index (χ3n) is 4.27. The molecule has 1 saturated carbocycles. The predicted molar refractivity (Wildman–Crippen MR) is 79.3 cm³/mol. The molecule has 1 fully saturated rings. The van der Waals surface area contributed by atoms with E-state index in [1.54, 1.807) is 0 Å². The van der Waals surface area contributed by atoms with Gasteiger partial charge in [-0.05, 0) is 36.8 Å². The molecule has 0 heterocycles. The minimum atomic E-state index is -3.95. The summed E-state index contributed by atoms with van der Waals surface area (Å²) in [6.07, 6.45) is 3.93. The lowest BCUT2D eigenvalue weighted by Crippen LogP contribution is -2.41. The molecule has 1 aromatic rings. The molecule has 0 aliphatic heterocycles. The van der Waals surface area contributed by atoms with Crippen molar-refractivity contribution >= 4 is 21.4 Å². The third-order valence-corrected chi connectivity index (χ3v) is 5.70. The average molecular weight is 313 g/mol. The Hall–Kier alpha value is -1.67. The molecule has 21 heavy (non-hydrogen) atoms. The molecular formula is C13H19N3O4S. The maximum atomic E-state index is 12.3. The third kappa shape index (κ3) is 3.16. The van der Waals surface area contributed by atoms with Gasteiger partial charge in [-0.1, -0.05) is 13.3 Å². The highest BCUT2D eigenvalue weighted by molar-refractivity contribution is 7.89. The fourth-order valence-corrected chi connectivity index (χ4v) is 3.92. The van der Waals surface area contributed by atoms with Crippen molar-refractivity contribution in [3.05, 3.63) is 28.3 Å². The summed E-state index contributed by atoms with van der Waals surface area (Å²) in [7, 11) is -3.95. The highest BCUT2D eigenvalue weighted by atomic mass is 32.2. The summed E-state index contributed by atoms with van der Waals surface area (Å²) >= 11 is 0. The number of hydrogen-bond donors (Lipinski definition) is 2. The van der Waals surface area contributed by atoms with Gasteiger partial charge in [-0.2, -0.15) is 0 Å². The van der Waals surface area contributed by atoms with Crippen LogP contribution in [-0.2, 0) is 10.0 Å².